The van der Waals surface area contributed by atoms with Gasteiger partial charge >= 0.3 is 5.97 Å². The van der Waals surface area contributed by atoms with Crippen LogP contribution in [0.4, 0.5) is 10.5 Å². The van der Waals surface area contributed by atoms with E-state index in [4.69, 9.17) is 14.6 Å². The Morgan fingerprint density at radius 2 is 1.85 bits per heavy atom. The Labute approximate surface area is 194 Å². The summed E-state index contributed by atoms with van der Waals surface area (Å²) in [6, 6.07) is 11.8. The maximum absolute atomic E-state index is 12.7. The molecule has 3 rings (SSSR count). The molecule has 0 radical (unpaired) electrons. The first-order valence-corrected chi connectivity index (χ1v) is 10.7. The third kappa shape index (κ3) is 5.92. The van der Waals surface area contributed by atoms with Crippen molar-refractivity contribution in [3.8, 4) is 11.5 Å². The van der Waals surface area contributed by atoms with Crippen molar-refractivity contribution in [3.63, 3.8) is 0 Å². The van der Waals surface area contributed by atoms with Crippen molar-refractivity contribution in [1.82, 2.24) is 4.90 Å². The van der Waals surface area contributed by atoms with Gasteiger partial charge in [-0.25, -0.2) is 4.79 Å². The lowest BCUT2D eigenvalue weighted by atomic mass is 10.1. The summed E-state index contributed by atoms with van der Waals surface area (Å²) in [4.78, 5) is 49.4. The van der Waals surface area contributed by atoms with E-state index in [0.717, 1.165) is 22.2 Å². The maximum Gasteiger partial charge on any atom is 0.344 e. The summed E-state index contributed by atoms with van der Waals surface area (Å²) >= 11 is 0.728. The third-order valence-corrected chi connectivity index (χ3v) is 5.55. The van der Waals surface area contributed by atoms with Gasteiger partial charge in [-0.1, -0.05) is 23.8 Å². The fourth-order valence-electron chi connectivity index (χ4n) is 2.88. The van der Waals surface area contributed by atoms with E-state index < -0.39 is 35.7 Å². The number of aliphatic carboxylic acids is 1. The molecule has 10 heteroatoms. The van der Waals surface area contributed by atoms with Crippen LogP contribution in [0.1, 0.15) is 18.1 Å². The summed E-state index contributed by atoms with van der Waals surface area (Å²) in [5.74, 6) is -1.69. The lowest BCUT2D eigenvalue weighted by Gasteiger charge is -2.14. The molecular weight excluding hydrogens is 448 g/mol. The number of rotatable bonds is 8. The number of hydrogen-bond donors (Lipinski definition) is 2. The van der Waals surface area contributed by atoms with Crippen LogP contribution in [0.3, 0.4) is 0 Å². The summed E-state index contributed by atoms with van der Waals surface area (Å²) in [6.07, 6.45) is 0.419. The van der Waals surface area contributed by atoms with Crippen LogP contribution in [0.25, 0.3) is 6.08 Å². The second kappa shape index (κ2) is 10.2. The summed E-state index contributed by atoms with van der Waals surface area (Å²) in [6.45, 7) is 2.91. The van der Waals surface area contributed by atoms with Crippen LogP contribution >= 0.6 is 11.8 Å². The molecule has 0 saturated carbocycles. The summed E-state index contributed by atoms with van der Waals surface area (Å²) < 4.78 is 10.6. The highest BCUT2D eigenvalue weighted by Gasteiger charge is 2.36. The number of hydrogen-bond acceptors (Lipinski definition) is 7. The summed E-state index contributed by atoms with van der Waals surface area (Å²) in [5, 5.41) is 11.1. The predicted molar refractivity (Wildman–Crippen MR) is 123 cm³/mol. The monoisotopic (exact) mass is 470 g/mol. The first-order chi connectivity index (χ1) is 15.7. The van der Waals surface area contributed by atoms with Gasteiger partial charge in [0.05, 0.1) is 12.0 Å². The Hall–Kier alpha value is -3.79. The standard InChI is InChI=1S/C23H22N2O7S/c1-13-4-7-16(8-5-13)24-20(26)12-25-21(27)19(33-23(25)30)11-15-6-9-17(18(10-15)31-3)32-14(2)22(28)29/h4-11,14H,12H2,1-3H3,(H,24,26)(H,28,29)/b19-11-. The zero-order valence-corrected chi connectivity index (χ0v) is 19.0. The van der Waals surface area contributed by atoms with Gasteiger partial charge in [-0.3, -0.25) is 19.3 Å². The number of amides is 3. The van der Waals surface area contributed by atoms with E-state index in [1.807, 2.05) is 19.1 Å². The third-order valence-electron chi connectivity index (χ3n) is 4.65. The number of benzene rings is 2. The number of nitrogens with zero attached hydrogens (tertiary/aromatic N) is 1. The normalized spacial score (nSPS) is 15.5. The van der Waals surface area contributed by atoms with Gasteiger partial charge < -0.3 is 19.9 Å². The van der Waals surface area contributed by atoms with Gasteiger partial charge in [0.25, 0.3) is 11.1 Å². The van der Waals surface area contributed by atoms with Crippen molar-refractivity contribution in [2.45, 2.75) is 20.0 Å². The lowest BCUT2D eigenvalue weighted by Crippen LogP contribution is -2.36. The van der Waals surface area contributed by atoms with E-state index in [-0.39, 0.29) is 16.4 Å². The van der Waals surface area contributed by atoms with Crippen molar-refractivity contribution < 1.29 is 33.8 Å². The Balaban J connectivity index is 1.71. The van der Waals surface area contributed by atoms with Gasteiger partial charge in [-0.2, -0.15) is 0 Å². The van der Waals surface area contributed by atoms with Gasteiger partial charge in [-0.05, 0) is 61.5 Å². The fraction of sp³-hybridized carbons (Fsp3) is 0.217. The molecule has 2 aromatic carbocycles. The van der Waals surface area contributed by atoms with Crippen molar-refractivity contribution in [3.05, 3.63) is 58.5 Å². The molecule has 1 aliphatic heterocycles. The summed E-state index contributed by atoms with van der Waals surface area (Å²) in [7, 11) is 1.40. The molecule has 1 saturated heterocycles. The molecule has 1 heterocycles. The first-order valence-electron chi connectivity index (χ1n) is 9.87. The number of thioether (sulfide) groups is 1. The molecular formula is C23H22N2O7S. The van der Waals surface area contributed by atoms with E-state index in [9.17, 15) is 19.2 Å². The number of methoxy groups -OCH3 is 1. The molecule has 2 aromatic rings. The van der Waals surface area contributed by atoms with Gasteiger partial charge in [0.15, 0.2) is 17.6 Å². The van der Waals surface area contributed by atoms with Crippen molar-refractivity contribution in [2.75, 3.05) is 19.0 Å². The zero-order chi connectivity index (χ0) is 24.1. The molecule has 1 unspecified atom stereocenters. The number of nitrogens with one attached hydrogen (secondary N) is 1. The summed E-state index contributed by atoms with van der Waals surface area (Å²) in [5.41, 5.74) is 2.15. The van der Waals surface area contributed by atoms with Crippen LogP contribution in [-0.2, 0) is 14.4 Å². The molecule has 0 aliphatic carbocycles. The number of anilines is 1. The van der Waals surface area contributed by atoms with Crippen LogP contribution in [0, 0.1) is 6.92 Å². The van der Waals surface area contributed by atoms with Crippen molar-refractivity contribution >= 4 is 46.5 Å². The number of imide groups is 1. The highest BCUT2D eigenvalue weighted by atomic mass is 32.2. The van der Waals surface area contributed by atoms with Crippen LogP contribution in [-0.4, -0.2) is 52.8 Å². The van der Waals surface area contributed by atoms with Crippen LogP contribution in [0.5, 0.6) is 11.5 Å². The molecule has 9 nitrogen and oxygen atoms in total. The number of carboxylic acids is 1. The maximum atomic E-state index is 12.7. The first kappa shape index (κ1) is 23.9. The van der Waals surface area contributed by atoms with E-state index in [1.54, 1.807) is 24.3 Å². The minimum atomic E-state index is -1.12. The topological polar surface area (TPSA) is 122 Å². The van der Waals surface area contributed by atoms with E-state index in [0.29, 0.717) is 11.3 Å². The molecule has 172 valence electrons. The Morgan fingerprint density at radius 3 is 2.48 bits per heavy atom. The Bertz CT molecular complexity index is 1130. The number of ether oxygens (including phenoxy) is 2. The largest absolute Gasteiger partial charge is 0.493 e. The quantitative estimate of drug-likeness (QED) is 0.562. The van der Waals surface area contributed by atoms with E-state index in [2.05, 4.69) is 5.32 Å². The number of carbonyl (C=O) groups is 4. The average Bonchev–Trinajstić information content (AvgIpc) is 3.03. The highest BCUT2D eigenvalue weighted by molar-refractivity contribution is 8.18. The lowest BCUT2D eigenvalue weighted by molar-refractivity contribution is -0.144. The molecule has 33 heavy (non-hydrogen) atoms. The Kier molecular flexibility index (Phi) is 7.39. The molecule has 1 fully saturated rings. The number of aryl methyl sites for hydroxylation is 1. The second-order valence-electron chi connectivity index (χ2n) is 7.19. The van der Waals surface area contributed by atoms with Gasteiger partial charge in [0.1, 0.15) is 6.54 Å². The van der Waals surface area contributed by atoms with Crippen LogP contribution in [0.2, 0.25) is 0 Å². The molecule has 3 amide bonds. The van der Waals surface area contributed by atoms with E-state index in [1.165, 1.54) is 26.2 Å². The molecule has 0 bridgehead atoms. The molecule has 1 atom stereocenters. The van der Waals surface area contributed by atoms with E-state index >= 15 is 0 Å². The number of carbonyl (C=O) groups excluding carboxylic acids is 3. The van der Waals surface area contributed by atoms with Gasteiger partial charge in [0.2, 0.25) is 5.91 Å². The highest BCUT2D eigenvalue weighted by Crippen LogP contribution is 2.34. The van der Waals surface area contributed by atoms with Crippen LogP contribution < -0.4 is 14.8 Å². The minimum Gasteiger partial charge on any atom is -0.493 e. The van der Waals surface area contributed by atoms with Gasteiger partial charge in [0, 0.05) is 5.69 Å². The molecule has 1 aliphatic rings. The average molecular weight is 471 g/mol. The molecule has 2 N–H and O–H groups in total. The smallest absolute Gasteiger partial charge is 0.344 e. The van der Waals surface area contributed by atoms with Crippen molar-refractivity contribution in [2.24, 2.45) is 0 Å². The predicted octanol–water partition coefficient (Wildman–Crippen LogP) is 3.53. The fourth-order valence-corrected chi connectivity index (χ4v) is 3.72. The van der Waals surface area contributed by atoms with Gasteiger partial charge in [-0.15, -0.1) is 0 Å². The van der Waals surface area contributed by atoms with Crippen LogP contribution in [0.15, 0.2) is 47.4 Å². The van der Waals surface area contributed by atoms with Crippen molar-refractivity contribution in [1.29, 1.82) is 0 Å². The number of carboxylic acid groups (broad SMARTS) is 1. The SMILES string of the molecule is COc1cc(/C=C2\SC(=O)N(CC(=O)Nc3ccc(C)cc3)C2=O)ccc1OC(C)C(=O)O. The minimum absolute atomic E-state index is 0.151. The second-order valence-corrected chi connectivity index (χ2v) is 8.18. The zero-order valence-electron chi connectivity index (χ0n) is 18.2. The molecule has 0 spiro atoms. The Morgan fingerprint density at radius 1 is 1.15 bits per heavy atom. The molecule has 0 aromatic heterocycles.